The van der Waals surface area contributed by atoms with Gasteiger partial charge in [-0.15, -0.1) is 13.2 Å². The van der Waals surface area contributed by atoms with Gasteiger partial charge in [0.25, 0.3) is 0 Å². The lowest BCUT2D eigenvalue weighted by atomic mass is 10.1. The average Bonchev–Trinajstić information content (AvgIpc) is 2.24. The minimum absolute atomic E-state index is 0.292. The van der Waals surface area contributed by atoms with Crippen LogP contribution in [0, 0.1) is 0 Å². The van der Waals surface area contributed by atoms with Gasteiger partial charge in [-0.3, -0.25) is 9.53 Å². The van der Waals surface area contributed by atoms with E-state index in [9.17, 15) is 18.0 Å². The Morgan fingerprint density at radius 2 is 1.81 bits per heavy atom. The summed E-state index contributed by atoms with van der Waals surface area (Å²) in [6, 6.07) is 6.70. The van der Waals surface area contributed by atoms with Gasteiger partial charge in [0.15, 0.2) is 0 Å². The minimum atomic E-state index is -4.55. The van der Waals surface area contributed by atoms with Crippen molar-refractivity contribution in [2.45, 2.75) is 19.2 Å². The average molecular weight is 232 g/mol. The van der Waals surface area contributed by atoms with Crippen LogP contribution >= 0.6 is 0 Å². The number of carbonyl (C=O) groups is 1. The molecule has 0 bridgehead atoms. The number of hydrogen-bond donors (Lipinski definition) is 0. The third-order valence-electron chi connectivity index (χ3n) is 1.99. The van der Waals surface area contributed by atoms with Crippen molar-refractivity contribution in [2.75, 3.05) is 6.61 Å². The van der Waals surface area contributed by atoms with Gasteiger partial charge in [-0.25, -0.2) is 0 Å². The summed E-state index contributed by atoms with van der Waals surface area (Å²) in [6.07, 6.45) is -3.05. The molecule has 0 saturated heterocycles. The van der Waals surface area contributed by atoms with E-state index in [1.807, 2.05) is 0 Å². The van der Waals surface area contributed by atoms with Crippen molar-refractivity contribution in [1.29, 1.82) is 0 Å². The Morgan fingerprint density at radius 1 is 1.19 bits per heavy atom. The fraction of sp³-hybridized carbons (Fsp3) is 0.364. The van der Waals surface area contributed by atoms with Gasteiger partial charge in [0.2, 0.25) is 0 Å². The van der Waals surface area contributed by atoms with Crippen LogP contribution in [0.25, 0.3) is 0 Å². The third-order valence-corrected chi connectivity index (χ3v) is 1.99. The van der Waals surface area contributed by atoms with Crippen molar-refractivity contribution in [3.05, 3.63) is 35.4 Å². The third kappa shape index (κ3) is 4.93. The van der Waals surface area contributed by atoms with Crippen LogP contribution in [-0.2, 0) is 11.2 Å². The topological polar surface area (TPSA) is 26.3 Å². The second-order valence-electron chi connectivity index (χ2n) is 3.26. The molecule has 16 heavy (non-hydrogen) atoms. The molecule has 0 heterocycles. The van der Waals surface area contributed by atoms with E-state index in [-0.39, 0.29) is 6.61 Å². The van der Waals surface area contributed by atoms with Crippen LogP contribution in [0.1, 0.15) is 22.3 Å². The predicted molar refractivity (Wildman–Crippen MR) is 52.2 cm³/mol. The molecule has 0 aromatic heterocycles. The lowest BCUT2D eigenvalue weighted by Crippen LogP contribution is -2.14. The Labute approximate surface area is 91.0 Å². The summed E-state index contributed by atoms with van der Waals surface area (Å²) in [5.74, 6) is 0. The summed E-state index contributed by atoms with van der Waals surface area (Å²) in [5.41, 5.74) is 1.44. The van der Waals surface area contributed by atoms with Crippen LogP contribution in [0.15, 0.2) is 24.3 Å². The van der Waals surface area contributed by atoms with Crippen molar-refractivity contribution in [2.24, 2.45) is 0 Å². The molecule has 0 aliphatic heterocycles. The molecule has 1 aromatic rings. The van der Waals surface area contributed by atoms with Crippen LogP contribution < -0.4 is 0 Å². The number of rotatable bonds is 5. The van der Waals surface area contributed by atoms with E-state index in [1.165, 1.54) is 0 Å². The number of halogens is 3. The van der Waals surface area contributed by atoms with Crippen LogP contribution in [0.5, 0.6) is 0 Å². The molecule has 5 heteroatoms. The standard InChI is InChI=1S/C11H11F3O2/c12-11(13,14)16-7-1-2-9-3-5-10(8-15)6-4-9/h3-6,8H,1-2,7H2. The Hall–Kier alpha value is -1.36. The lowest BCUT2D eigenvalue weighted by molar-refractivity contribution is -0.324. The van der Waals surface area contributed by atoms with Gasteiger partial charge >= 0.3 is 6.36 Å². The molecule has 88 valence electrons. The molecule has 0 saturated carbocycles. The highest BCUT2D eigenvalue weighted by atomic mass is 19.4. The zero-order valence-electron chi connectivity index (χ0n) is 8.46. The summed E-state index contributed by atoms with van der Waals surface area (Å²) in [4.78, 5) is 10.3. The number of aryl methyl sites for hydroxylation is 1. The largest absolute Gasteiger partial charge is 0.522 e. The van der Waals surface area contributed by atoms with Crippen molar-refractivity contribution in [3.63, 3.8) is 0 Å². The number of benzene rings is 1. The molecule has 0 unspecified atom stereocenters. The Bertz CT molecular complexity index is 330. The second-order valence-corrected chi connectivity index (χ2v) is 3.26. The number of hydrogen-bond acceptors (Lipinski definition) is 2. The smallest absolute Gasteiger partial charge is 0.298 e. The monoisotopic (exact) mass is 232 g/mol. The van der Waals surface area contributed by atoms with Crippen molar-refractivity contribution in [1.82, 2.24) is 0 Å². The van der Waals surface area contributed by atoms with E-state index in [4.69, 9.17) is 0 Å². The molecule has 1 aromatic carbocycles. The fourth-order valence-electron chi connectivity index (χ4n) is 1.23. The quantitative estimate of drug-likeness (QED) is 0.576. The molecule has 0 N–H and O–H groups in total. The van der Waals surface area contributed by atoms with Crippen LogP contribution in [0.2, 0.25) is 0 Å². The lowest BCUT2D eigenvalue weighted by Gasteiger charge is -2.06. The van der Waals surface area contributed by atoms with E-state index >= 15 is 0 Å². The molecule has 0 atom stereocenters. The molecule has 0 radical (unpaired) electrons. The Kier molecular flexibility index (Phi) is 4.49. The molecule has 0 spiro atoms. The van der Waals surface area contributed by atoms with Gasteiger partial charge in [0, 0.05) is 5.56 Å². The first-order valence-electron chi connectivity index (χ1n) is 4.76. The Balaban J connectivity index is 2.29. The van der Waals surface area contributed by atoms with Gasteiger partial charge in [0.05, 0.1) is 6.61 Å². The summed E-state index contributed by atoms with van der Waals surface area (Å²) < 4.78 is 38.5. The predicted octanol–water partition coefficient (Wildman–Crippen LogP) is 2.97. The van der Waals surface area contributed by atoms with Crippen molar-refractivity contribution in [3.8, 4) is 0 Å². The van der Waals surface area contributed by atoms with Gasteiger partial charge in [0.1, 0.15) is 6.29 Å². The minimum Gasteiger partial charge on any atom is -0.298 e. The molecule has 0 amide bonds. The van der Waals surface area contributed by atoms with Gasteiger partial charge in [-0.05, 0) is 18.4 Å². The number of aldehydes is 1. The normalized spacial score (nSPS) is 11.4. The van der Waals surface area contributed by atoms with Crippen molar-refractivity contribution < 1.29 is 22.7 Å². The molecular weight excluding hydrogens is 221 g/mol. The number of carbonyl (C=O) groups excluding carboxylic acids is 1. The summed E-state index contributed by atoms with van der Waals surface area (Å²) >= 11 is 0. The first kappa shape index (κ1) is 12.7. The van der Waals surface area contributed by atoms with Gasteiger partial charge in [-0.2, -0.15) is 0 Å². The molecule has 2 nitrogen and oxygen atoms in total. The number of alkyl halides is 3. The number of ether oxygens (including phenoxy) is 1. The summed E-state index contributed by atoms with van der Waals surface area (Å²) in [7, 11) is 0. The first-order valence-corrected chi connectivity index (χ1v) is 4.76. The van der Waals surface area contributed by atoms with Crippen LogP contribution in [-0.4, -0.2) is 19.3 Å². The Morgan fingerprint density at radius 3 is 2.31 bits per heavy atom. The molecule has 0 aliphatic carbocycles. The highest BCUT2D eigenvalue weighted by Gasteiger charge is 2.28. The van der Waals surface area contributed by atoms with E-state index < -0.39 is 6.36 Å². The highest BCUT2D eigenvalue weighted by Crippen LogP contribution is 2.16. The maximum absolute atomic E-state index is 11.6. The zero-order valence-corrected chi connectivity index (χ0v) is 8.46. The fourth-order valence-corrected chi connectivity index (χ4v) is 1.23. The molecular formula is C11H11F3O2. The maximum Gasteiger partial charge on any atom is 0.522 e. The van der Waals surface area contributed by atoms with Crippen LogP contribution in [0.4, 0.5) is 13.2 Å². The summed E-state index contributed by atoms with van der Waals surface area (Å²) in [5, 5.41) is 0. The van der Waals surface area contributed by atoms with Gasteiger partial charge in [-0.1, -0.05) is 24.3 Å². The maximum atomic E-state index is 11.6. The highest BCUT2D eigenvalue weighted by molar-refractivity contribution is 5.74. The van der Waals surface area contributed by atoms with E-state index in [2.05, 4.69) is 4.74 Å². The second kappa shape index (κ2) is 5.65. The van der Waals surface area contributed by atoms with Gasteiger partial charge < -0.3 is 0 Å². The molecule has 0 aliphatic rings. The van der Waals surface area contributed by atoms with Crippen LogP contribution in [0.3, 0.4) is 0 Å². The summed E-state index contributed by atoms with van der Waals surface area (Å²) in [6.45, 7) is -0.348. The SMILES string of the molecule is O=Cc1ccc(CCCOC(F)(F)F)cc1. The molecule has 0 fully saturated rings. The molecule has 1 rings (SSSR count). The first-order chi connectivity index (χ1) is 7.51. The van der Waals surface area contributed by atoms with E-state index in [0.29, 0.717) is 18.4 Å². The van der Waals surface area contributed by atoms with E-state index in [1.54, 1.807) is 24.3 Å². The van der Waals surface area contributed by atoms with E-state index in [0.717, 1.165) is 11.8 Å². The van der Waals surface area contributed by atoms with Crippen molar-refractivity contribution >= 4 is 6.29 Å². The zero-order chi connectivity index (χ0) is 12.0.